The lowest BCUT2D eigenvalue weighted by Gasteiger charge is -1.97. The fourth-order valence-electron chi connectivity index (χ4n) is 0.998. The molecule has 0 atom stereocenters. The molecule has 0 rings (SSSR count). The van der Waals surface area contributed by atoms with Crippen molar-refractivity contribution in [3.63, 3.8) is 0 Å². The Morgan fingerprint density at radius 1 is 1.29 bits per heavy atom. The van der Waals surface area contributed by atoms with Gasteiger partial charge in [-0.25, -0.2) is 0 Å². The molecule has 0 aromatic heterocycles. The Morgan fingerprint density at radius 3 is 2.71 bits per heavy atom. The summed E-state index contributed by atoms with van der Waals surface area (Å²) in [5.74, 6) is 0.142. The third kappa shape index (κ3) is 11.1. The first-order chi connectivity index (χ1) is 6.77. The van der Waals surface area contributed by atoms with Gasteiger partial charge >= 0.3 is 0 Å². The number of rotatable bonds is 8. The summed E-state index contributed by atoms with van der Waals surface area (Å²) in [5, 5.41) is 10.5. The van der Waals surface area contributed by atoms with Crippen LogP contribution in [0, 0.1) is 0 Å². The van der Waals surface area contributed by atoms with Crippen LogP contribution in [0.1, 0.15) is 46.0 Å². The zero-order valence-electron chi connectivity index (χ0n) is 9.29. The van der Waals surface area contributed by atoms with E-state index in [4.69, 9.17) is 4.74 Å². The average Bonchev–Trinajstić information content (AvgIpc) is 2.15. The highest BCUT2D eigenvalue weighted by Gasteiger charge is 1.86. The molecule has 14 heavy (non-hydrogen) atoms. The van der Waals surface area contributed by atoms with Gasteiger partial charge in [-0.15, -0.1) is 0 Å². The van der Waals surface area contributed by atoms with E-state index in [0.29, 0.717) is 6.61 Å². The smallest absolute Gasteiger partial charge is 0.148 e. The highest BCUT2D eigenvalue weighted by molar-refractivity contribution is 4.84. The summed E-state index contributed by atoms with van der Waals surface area (Å²) in [6.45, 7) is 4.45. The third-order valence-electron chi connectivity index (χ3n) is 1.81. The van der Waals surface area contributed by atoms with E-state index in [2.05, 4.69) is 13.0 Å². The first-order valence-corrected chi connectivity index (χ1v) is 5.37. The van der Waals surface area contributed by atoms with Crippen molar-refractivity contribution in [2.24, 2.45) is 0 Å². The van der Waals surface area contributed by atoms with Crippen LogP contribution in [-0.2, 0) is 9.84 Å². The molecule has 0 amide bonds. The van der Waals surface area contributed by atoms with Gasteiger partial charge in [0, 0.05) is 0 Å². The van der Waals surface area contributed by atoms with Crippen molar-refractivity contribution in [1.29, 1.82) is 0 Å². The van der Waals surface area contributed by atoms with Gasteiger partial charge in [0.15, 0.2) is 0 Å². The number of allylic oxidation sites excluding steroid dienone is 3. The number of hydrogen-bond acceptors (Lipinski definition) is 1. The van der Waals surface area contributed by atoms with Crippen LogP contribution in [-0.4, -0.2) is 6.61 Å². The van der Waals surface area contributed by atoms with Crippen LogP contribution in [0.25, 0.3) is 0 Å². The van der Waals surface area contributed by atoms with Gasteiger partial charge < -0.3 is 4.74 Å². The molecule has 0 fully saturated rings. The summed E-state index contributed by atoms with van der Waals surface area (Å²) in [6, 6.07) is 0. The van der Waals surface area contributed by atoms with Gasteiger partial charge in [-0.2, -0.15) is 0 Å². The molecular weight excluding hydrogens is 176 g/mol. The van der Waals surface area contributed by atoms with E-state index in [9.17, 15) is 5.11 Å². The quantitative estimate of drug-likeness (QED) is 0.429. The van der Waals surface area contributed by atoms with Gasteiger partial charge in [0.2, 0.25) is 0 Å². The van der Waals surface area contributed by atoms with Crippen molar-refractivity contribution in [2.75, 3.05) is 6.61 Å². The Morgan fingerprint density at radius 2 is 2.07 bits per heavy atom. The minimum atomic E-state index is 0.142. The Labute approximate surface area is 87.3 Å². The fraction of sp³-hybridized carbons (Fsp3) is 0.667. The second-order valence-corrected chi connectivity index (χ2v) is 3.34. The molecule has 0 spiro atoms. The molecule has 0 aliphatic heterocycles. The lowest BCUT2D eigenvalue weighted by Crippen LogP contribution is -1.86. The maximum absolute atomic E-state index is 10.5. The van der Waals surface area contributed by atoms with E-state index in [1.54, 1.807) is 19.3 Å². The van der Waals surface area contributed by atoms with Crippen molar-refractivity contribution < 1.29 is 9.84 Å². The molecule has 0 heterocycles. The van der Waals surface area contributed by atoms with Crippen LogP contribution in [0.4, 0.5) is 0 Å². The Bertz CT molecular complexity index is 167. The predicted molar refractivity (Wildman–Crippen MR) is 58.3 cm³/mol. The highest BCUT2D eigenvalue weighted by atomic mass is 16.5. The normalized spacial score (nSPS) is 12.3. The molecule has 81 valence electrons. The molecule has 0 saturated carbocycles. The lowest BCUT2D eigenvalue weighted by atomic mass is 10.2. The molecule has 0 aliphatic carbocycles. The summed E-state index contributed by atoms with van der Waals surface area (Å²) in [6.07, 6.45) is 10.8. The Kier molecular flexibility index (Phi) is 9.49. The minimum absolute atomic E-state index is 0.142. The zero-order valence-corrected chi connectivity index (χ0v) is 9.29. The maximum atomic E-state index is 10.5. The number of hydrogen-bond donors (Lipinski definition) is 0. The van der Waals surface area contributed by atoms with Crippen LogP contribution in [0.15, 0.2) is 24.2 Å². The molecule has 1 radical (unpaired) electrons. The van der Waals surface area contributed by atoms with Gasteiger partial charge in [-0.3, -0.25) is 5.11 Å². The summed E-state index contributed by atoms with van der Waals surface area (Å²) < 4.78 is 5.25. The summed E-state index contributed by atoms with van der Waals surface area (Å²) in [7, 11) is 0. The van der Waals surface area contributed by atoms with Crippen LogP contribution in [0.2, 0.25) is 0 Å². The van der Waals surface area contributed by atoms with E-state index in [1.165, 1.54) is 12.8 Å². The number of ether oxygens (including phenoxy) is 1. The van der Waals surface area contributed by atoms with Crippen LogP contribution in [0.3, 0.4) is 0 Å². The third-order valence-corrected chi connectivity index (χ3v) is 1.81. The standard InChI is InChI=1S/C12H21O2/c1-3-4-5-7-10-14-11-8-6-9-12(2)13/h7,9-10H,3-6,8,11H2,1-2H3/b10-7+,12-9+. The largest absolute Gasteiger partial charge is 0.502 e. The first kappa shape index (κ1) is 13.1. The van der Waals surface area contributed by atoms with Crippen LogP contribution in [0.5, 0.6) is 0 Å². The van der Waals surface area contributed by atoms with Crippen molar-refractivity contribution >= 4 is 0 Å². The monoisotopic (exact) mass is 197 g/mol. The first-order valence-electron chi connectivity index (χ1n) is 5.37. The summed E-state index contributed by atoms with van der Waals surface area (Å²) in [4.78, 5) is 0. The predicted octanol–water partition coefficient (Wildman–Crippen LogP) is 3.82. The summed E-state index contributed by atoms with van der Waals surface area (Å²) >= 11 is 0. The molecular formula is C12H21O2. The van der Waals surface area contributed by atoms with E-state index in [0.717, 1.165) is 19.3 Å². The van der Waals surface area contributed by atoms with E-state index >= 15 is 0 Å². The number of unbranched alkanes of at least 4 members (excludes halogenated alkanes) is 3. The molecule has 0 aromatic carbocycles. The zero-order chi connectivity index (χ0) is 10.6. The molecule has 0 saturated heterocycles. The van der Waals surface area contributed by atoms with Crippen molar-refractivity contribution in [3.8, 4) is 0 Å². The van der Waals surface area contributed by atoms with Crippen LogP contribution < -0.4 is 0 Å². The molecule has 2 heteroatoms. The minimum Gasteiger partial charge on any atom is -0.502 e. The highest BCUT2D eigenvalue weighted by Crippen LogP contribution is 1.98. The lowest BCUT2D eigenvalue weighted by molar-refractivity contribution is 0.243. The SMILES string of the molecule is CCCC/C=C/OCCC/C=C(\C)[O]. The fourth-order valence-corrected chi connectivity index (χ4v) is 0.998. The van der Waals surface area contributed by atoms with Crippen molar-refractivity contribution in [3.05, 3.63) is 24.2 Å². The van der Waals surface area contributed by atoms with Gasteiger partial charge in [0.25, 0.3) is 0 Å². The van der Waals surface area contributed by atoms with Crippen molar-refractivity contribution in [2.45, 2.75) is 46.0 Å². The molecule has 2 nitrogen and oxygen atoms in total. The van der Waals surface area contributed by atoms with E-state index in [1.807, 2.05) is 0 Å². The maximum Gasteiger partial charge on any atom is 0.148 e. The van der Waals surface area contributed by atoms with Gasteiger partial charge in [0.05, 0.1) is 12.9 Å². The van der Waals surface area contributed by atoms with Crippen LogP contribution >= 0.6 is 0 Å². The molecule has 0 bridgehead atoms. The Balaban J connectivity index is 3.13. The molecule has 0 aromatic rings. The summed E-state index contributed by atoms with van der Waals surface area (Å²) in [5.41, 5.74) is 0. The van der Waals surface area contributed by atoms with E-state index in [-0.39, 0.29) is 5.76 Å². The molecule has 0 unspecified atom stereocenters. The van der Waals surface area contributed by atoms with Gasteiger partial charge in [-0.05, 0) is 44.8 Å². The molecule has 0 N–H and O–H groups in total. The van der Waals surface area contributed by atoms with Crippen molar-refractivity contribution in [1.82, 2.24) is 0 Å². The van der Waals surface area contributed by atoms with E-state index < -0.39 is 0 Å². The topological polar surface area (TPSA) is 29.1 Å². The molecule has 0 aliphatic rings. The van der Waals surface area contributed by atoms with Gasteiger partial charge in [-0.1, -0.05) is 13.3 Å². The second-order valence-electron chi connectivity index (χ2n) is 3.34. The van der Waals surface area contributed by atoms with Gasteiger partial charge in [0.1, 0.15) is 5.76 Å². The Hall–Kier alpha value is -0.920. The average molecular weight is 197 g/mol. The second kappa shape index (κ2) is 10.2.